The molecule has 0 bridgehead atoms. The first-order chi connectivity index (χ1) is 9.19. The Balaban J connectivity index is 1.93. The molecule has 3 rings (SSSR count). The lowest BCUT2D eigenvalue weighted by Crippen LogP contribution is -2.24. The molecule has 0 saturated heterocycles. The van der Waals surface area contributed by atoms with Crippen LogP contribution < -0.4 is 5.73 Å². The number of carbonyl (C=O) groups is 1. The first-order valence-corrected chi connectivity index (χ1v) is 6.62. The standard InChI is InChI=1S/C15H16FNO2/c16-11-4-5-13-10(6-11)7-14(19-13)15(18)12-3-1-2-9(12)8-17/h4-7,9,12H,1-3,8,17H2. The second kappa shape index (κ2) is 4.78. The number of halogens is 1. The minimum absolute atomic E-state index is 0.00422. The van der Waals surface area contributed by atoms with E-state index in [-0.39, 0.29) is 23.4 Å². The molecule has 1 aromatic carbocycles. The first kappa shape index (κ1) is 12.4. The average Bonchev–Trinajstić information content (AvgIpc) is 3.03. The van der Waals surface area contributed by atoms with Crippen LogP contribution in [0.2, 0.25) is 0 Å². The summed E-state index contributed by atoms with van der Waals surface area (Å²) in [5.74, 6) is 0.205. The monoisotopic (exact) mass is 261 g/mol. The zero-order chi connectivity index (χ0) is 13.4. The second-order valence-electron chi connectivity index (χ2n) is 5.19. The van der Waals surface area contributed by atoms with Gasteiger partial charge in [-0.3, -0.25) is 4.79 Å². The maximum absolute atomic E-state index is 13.1. The third-order valence-electron chi connectivity index (χ3n) is 4.02. The number of nitrogens with two attached hydrogens (primary N) is 1. The molecule has 0 spiro atoms. The van der Waals surface area contributed by atoms with E-state index in [2.05, 4.69) is 0 Å². The minimum Gasteiger partial charge on any atom is -0.453 e. The van der Waals surface area contributed by atoms with Crippen molar-refractivity contribution in [1.29, 1.82) is 0 Å². The number of furan rings is 1. The summed E-state index contributed by atoms with van der Waals surface area (Å²) in [6.45, 7) is 0.533. The maximum atomic E-state index is 13.1. The van der Waals surface area contributed by atoms with Gasteiger partial charge in [0, 0.05) is 11.3 Å². The second-order valence-corrected chi connectivity index (χ2v) is 5.19. The van der Waals surface area contributed by atoms with E-state index in [1.54, 1.807) is 12.1 Å². The number of benzene rings is 1. The van der Waals surface area contributed by atoms with Crippen LogP contribution in [-0.2, 0) is 0 Å². The molecule has 2 atom stereocenters. The van der Waals surface area contributed by atoms with E-state index in [1.165, 1.54) is 12.1 Å². The summed E-state index contributed by atoms with van der Waals surface area (Å²) < 4.78 is 18.7. The largest absolute Gasteiger partial charge is 0.453 e. The highest BCUT2D eigenvalue weighted by Gasteiger charge is 2.34. The highest BCUT2D eigenvalue weighted by molar-refractivity contribution is 5.99. The molecule has 4 heteroatoms. The molecule has 1 aliphatic carbocycles. The highest BCUT2D eigenvalue weighted by Crippen LogP contribution is 2.34. The number of hydrogen-bond donors (Lipinski definition) is 1. The molecule has 1 aliphatic rings. The van der Waals surface area contributed by atoms with Crippen molar-refractivity contribution < 1.29 is 13.6 Å². The van der Waals surface area contributed by atoms with Crippen LogP contribution in [0.1, 0.15) is 29.8 Å². The molecular weight excluding hydrogens is 245 g/mol. The molecule has 19 heavy (non-hydrogen) atoms. The van der Waals surface area contributed by atoms with E-state index < -0.39 is 0 Å². The normalized spacial score (nSPS) is 23.1. The van der Waals surface area contributed by atoms with E-state index in [0.717, 1.165) is 19.3 Å². The van der Waals surface area contributed by atoms with Gasteiger partial charge >= 0.3 is 0 Å². The van der Waals surface area contributed by atoms with Crippen molar-refractivity contribution in [2.75, 3.05) is 6.54 Å². The minimum atomic E-state index is -0.326. The molecule has 1 aromatic heterocycles. The summed E-state index contributed by atoms with van der Waals surface area (Å²) in [7, 11) is 0. The number of carbonyl (C=O) groups excluding carboxylic acids is 1. The topological polar surface area (TPSA) is 56.2 Å². The molecule has 0 amide bonds. The van der Waals surface area contributed by atoms with Crippen LogP contribution in [0, 0.1) is 17.7 Å². The molecular formula is C15H16FNO2. The van der Waals surface area contributed by atoms with Crippen LogP contribution in [-0.4, -0.2) is 12.3 Å². The fraction of sp³-hybridized carbons (Fsp3) is 0.400. The number of rotatable bonds is 3. The maximum Gasteiger partial charge on any atom is 0.201 e. The Kier molecular flexibility index (Phi) is 3.11. The van der Waals surface area contributed by atoms with Crippen LogP contribution in [0.25, 0.3) is 11.0 Å². The third-order valence-corrected chi connectivity index (χ3v) is 4.02. The lowest BCUT2D eigenvalue weighted by Gasteiger charge is -2.14. The Labute approximate surface area is 110 Å². The Morgan fingerprint density at radius 1 is 1.37 bits per heavy atom. The first-order valence-electron chi connectivity index (χ1n) is 6.62. The van der Waals surface area contributed by atoms with Crippen LogP contribution in [0.3, 0.4) is 0 Å². The average molecular weight is 261 g/mol. The lowest BCUT2D eigenvalue weighted by molar-refractivity contribution is 0.0867. The summed E-state index contributed by atoms with van der Waals surface area (Å²) in [6.07, 6.45) is 2.90. The van der Waals surface area contributed by atoms with Gasteiger partial charge in [0.1, 0.15) is 11.4 Å². The van der Waals surface area contributed by atoms with E-state index >= 15 is 0 Å². The van der Waals surface area contributed by atoms with Gasteiger partial charge in [0.15, 0.2) is 5.76 Å². The summed E-state index contributed by atoms with van der Waals surface area (Å²) in [5.41, 5.74) is 6.25. The highest BCUT2D eigenvalue weighted by atomic mass is 19.1. The summed E-state index contributed by atoms with van der Waals surface area (Å²) >= 11 is 0. The van der Waals surface area contributed by atoms with Gasteiger partial charge in [-0.2, -0.15) is 0 Å². The van der Waals surface area contributed by atoms with Crippen molar-refractivity contribution in [3.63, 3.8) is 0 Å². The molecule has 3 nitrogen and oxygen atoms in total. The predicted molar refractivity (Wildman–Crippen MR) is 70.4 cm³/mol. The molecule has 1 heterocycles. The van der Waals surface area contributed by atoms with Crippen LogP contribution >= 0.6 is 0 Å². The van der Waals surface area contributed by atoms with Crippen molar-refractivity contribution in [2.45, 2.75) is 19.3 Å². The van der Waals surface area contributed by atoms with Crippen LogP contribution in [0.15, 0.2) is 28.7 Å². The van der Waals surface area contributed by atoms with Crippen LogP contribution in [0.4, 0.5) is 4.39 Å². The zero-order valence-corrected chi connectivity index (χ0v) is 10.6. The van der Waals surface area contributed by atoms with Crippen molar-refractivity contribution in [3.8, 4) is 0 Å². The fourth-order valence-corrected chi connectivity index (χ4v) is 2.98. The number of fused-ring (bicyclic) bond motifs is 1. The third kappa shape index (κ3) is 2.16. The van der Waals surface area contributed by atoms with Crippen molar-refractivity contribution in [2.24, 2.45) is 17.6 Å². The number of ketones is 1. The lowest BCUT2D eigenvalue weighted by atomic mass is 9.91. The van der Waals surface area contributed by atoms with Crippen molar-refractivity contribution in [1.82, 2.24) is 0 Å². The molecule has 2 N–H and O–H groups in total. The van der Waals surface area contributed by atoms with Gasteiger partial charge < -0.3 is 10.2 Å². The van der Waals surface area contributed by atoms with E-state index in [4.69, 9.17) is 10.2 Å². The number of hydrogen-bond acceptors (Lipinski definition) is 3. The van der Waals surface area contributed by atoms with Gasteiger partial charge in [0.25, 0.3) is 0 Å². The van der Waals surface area contributed by atoms with Gasteiger partial charge in [0.2, 0.25) is 5.78 Å². The number of Topliss-reactive ketones (excluding diaryl/α,β-unsaturated/α-hetero) is 1. The fourth-order valence-electron chi connectivity index (χ4n) is 2.98. The van der Waals surface area contributed by atoms with Gasteiger partial charge in [-0.1, -0.05) is 6.42 Å². The van der Waals surface area contributed by atoms with Crippen molar-refractivity contribution >= 4 is 16.8 Å². The Morgan fingerprint density at radius 3 is 3.00 bits per heavy atom. The molecule has 2 aromatic rings. The van der Waals surface area contributed by atoms with Crippen molar-refractivity contribution in [3.05, 3.63) is 35.8 Å². The smallest absolute Gasteiger partial charge is 0.201 e. The molecule has 0 aliphatic heterocycles. The summed E-state index contributed by atoms with van der Waals surface area (Å²) in [4.78, 5) is 12.4. The van der Waals surface area contributed by atoms with Gasteiger partial charge in [0.05, 0.1) is 0 Å². The van der Waals surface area contributed by atoms with Gasteiger partial charge in [-0.25, -0.2) is 4.39 Å². The summed E-state index contributed by atoms with van der Waals surface area (Å²) in [5, 5.41) is 0.630. The quantitative estimate of drug-likeness (QED) is 0.863. The zero-order valence-electron chi connectivity index (χ0n) is 10.6. The molecule has 1 saturated carbocycles. The predicted octanol–water partition coefficient (Wildman–Crippen LogP) is 3.13. The van der Waals surface area contributed by atoms with E-state index in [0.29, 0.717) is 23.3 Å². The van der Waals surface area contributed by atoms with Crippen LogP contribution in [0.5, 0.6) is 0 Å². The van der Waals surface area contributed by atoms with Gasteiger partial charge in [-0.05, 0) is 49.6 Å². The molecule has 1 fully saturated rings. The molecule has 100 valence electrons. The Hall–Kier alpha value is -1.68. The SMILES string of the molecule is NCC1CCCC1C(=O)c1cc2cc(F)ccc2o1. The molecule has 0 radical (unpaired) electrons. The van der Waals surface area contributed by atoms with Gasteiger partial charge in [-0.15, -0.1) is 0 Å². The van der Waals surface area contributed by atoms with E-state index in [9.17, 15) is 9.18 Å². The summed E-state index contributed by atoms with van der Waals surface area (Å²) in [6, 6.07) is 5.90. The Bertz CT molecular complexity index is 620. The Morgan fingerprint density at radius 2 is 2.21 bits per heavy atom. The van der Waals surface area contributed by atoms with E-state index in [1.807, 2.05) is 0 Å². The molecule has 2 unspecified atom stereocenters.